The van der Waals surface area contributed by atoms with Crippen LogP contribution in [0.3, 0.4) is 0 Å². The molecule has 3 aromatic rings. The monoisotopic (exact) mass is 457 g/mol. The van der Waals surface area contributed by atoms with E-state index < -0.39 is 6.10 Å². The number of carbonyl (C=O) groups is 1. The van der Waals surface area contributed by atoms with Gasteiger partial charge >= 0.3 is 0 Å². The molecule has 0 spiro atoms. The number of hydrogen-bond acceptors (Lipinski definition) is 5. The minimum absolute atomic E-state index is 0.00422. The van der Waals surface area contributed by atoms with Crippen molar-refractivity contribution >= 4 is 11.7 Å². The van der Waals surface area contributed by atoms with E-state index in [4.69, 9.17) is 9.97 Å². The van der Waals surface area contributed by atoms with E-state index in [1.807, 2.05) is 48.5 Å². The predicted molar refractivity (Wildman–Crippen MR) is 131 cm³/mol. The molecule has 1 heterocycles. The van der Waals surface area contributed by atoms with Gasteiger partial charge in [-0.25, -0.2) is 9.97 Å². The van der Waals surface area contributed by atoms with Crippen molar-refractivity contribution in [2.75, 3.05) is 5.32 Å². The van der Waals surface area contributed by atoms with E-state index in [1.165, 1.54) is 19.3 Å². The van der Waals surface area contributed by atoms with Gasteiger partial charge in [0.15, 0.2) is 5.82 Å². The van der Waals surface area contributed by atoms with Crippen LogP contribution in [-0.4, -0.2) is 26.1 Å². The second-order valence-corrected chi connectivity index (χ2v) is 9.47. The minimum Gasteiger partial charge on any atom is -0.392 e. The standard InChI is InChI=1S/C28H31N3O3/c32-17-19-11-13-22-21(15-19)12-14-23-25(22)31-26(27(34)20-9-5-2-6-10-20)28(29-23)30-24(33)16-18-7-3-1-4-8-18/h2,5-6,9-11,13,15,18,27,32,34H,1,3-4,7-8,12,14,16-17H2,(H,29,30,33). The third-order valence-corrected chi connectivity index (χ3v) is 7.06. The summed E-state index contributed by atoms with van der Waals surface area (Å²) < 4.78 is 0. The molecule has 2 aliphatic carbocycles. The van der Waals surface area contributed by atoms with Crippen LogP contribution in [0.5, 0.6) is 0 Å². The average molecular weight is 458 g/mol. The molecule has 0 saturated heterocycles. The molecule has 2 aliphatic rings. The highest BCUT2D eigenvalue weighted by molar-refractivity contribution is 5.91. The lowest BCUT2D eigenvalue weighted by Gasteiger charge is -2.24. The van der Waals surface area contributed by atoms with E-state index in [0.29, 0.717) is 35.8 Å². The van der Waals surface area contributed by atoms with E-state index in [1.54, 1.807) is 0 Å². The first-order chi connectivity index (χ1) is 16.6. The number of anilines is 1. The third-order valence-electron chi connectivity index (χ3n) is 7.06. The maximum atomic E-state index is 12.9. The summed E-state index contributed by atoms with van der Waals surface area (Å²) in [5.74, 6) is 0.701. The van der Waals surface area contributed by atoms with Gasteiger partial charge in [-0.15, -0.1) is 0 Å². The molecule has 34 heavy (non-hydrogen) atoms. The van der Waals surface area contributed by atoms with Crippen LogP contribution in [0.15, 0.2) is 48.5 Å². The van der Waals surface area contributed by atoms with Crippen molar-refractivity contribution in [3.05, 3.63) is 76.6 Å². The number of benzene rings is 2. The largest absolute Gasteiger partial charge is 0.392 e. The molecule has 1 aromatic heterocycles. The summed E-state index contributed by atoms with van der Waals surface area (Å²) in [5, 5.41) is 23.8. The first-order valence-electron chi connectivity index (χ1n) is 12.3. The summed E-state index contributed by atoms with van der Waals surface area (Å²) in [6, 6.07) is 15.2. The predicted octanol–water partition coefficient (Wildman–Crippen LogP) is 4.73. The Kier molecular flexibility index (Phi) is 6.70. The molecule has 176 valence electrons. The lowest BCUT2D eigenvalue weighted by molar-refractivity contribution is -0.117. The molecule has 6 heteroatoms. The van der Waals surface area contributed by atoms with Crippen molar-refractivity contribution in [1.29, 1.82) is 0 Å². The first kappa shape index (κ1) is 22.7. The Balaban J connectivity index is 1.51. The highest BCUT2D eigenvalue weighted by atomic mass is 16.3. The van der Waals surface area contributed by atoms with Gasteiger partial charge < -0.3 is 15.5 Å². The van der Waals surface area contributed by atoms with Crippen molar-refractivity contribution < 1.29 is 15.0 Å². The van der Waals surface area contributed by atoms with E-state index in [9.17, 15) is 15.0 Å². The van der Waals surface area contributed by atoms with Crippen LogP contribution in [0.25, 0.3) is 11.3 Å². The second kappa shape index (κ2) is 10.0. The quantitative estimate of drug-likeness (QED) is 0.498. The Labute approximate surface area is 200 Å². The van der Waals surface area contributed by atoms with Gasteiger partial charge in [0.2, 0.25) is 5.91 Å². The number of aromatic nitrogens is 2. The Morgan fingerprint density at radius 2 is 1.82 bits per heavy atom. The van der Waals surface area contributed by atoms with Gasteiger partial charge in [-0.05, 0) is 48.3 Å². The third kappa shape index (κ3) is 4.74. The lowest BCUT2D eigenvalue weighted by atomic mass is 9.87. The summed E-state index contributed by atoms with van der Waals surface area (Å²) in [6.07, 6.45) is 6.77. The number of nitrogens with zero attached hydrogens (tertiary/aromatic N) is 2. The van der Waals surface area contributed by atoms with Gasteiger partial charge in [-0.3, -0.25) is 4.79 Å². The fourth-order valence-corrected chi connectivity index (χ4v) is 5.22. The van der Waals surface area contributed by atoms with Crippen LogP contribution in [-0.2, 0) is 24.2 Å². The summed E-state index contributed by atoms with van der Waals surface area (Å²) in [6.45, 7) is -0.00422. The SMILES string of the molecule is O=C(CC1CCCCC1)Nc1nc2c(nc1C(O)c1ccccc1)-c1ccc(CO)cc1CC2. The molecule has 1 fully saturated rings. The summed E-state index contributed by atoms with van der Waals surface area (Å²) in [7, 11) is 0. The lowest BCUT2D eigenvalue weighted by Crippen LogP contribution is -2.22. The number of hydrogen-bond donors (Lipinski definition) is 3. The molecule has 0 radical (unpaired) electrons. The van der Waals surface area contributed by atoms with Gasteiger partial charge in [0.05, 0.1) is 18.0 Å². The van der Waals surface area contributed by atoms with E-state index in [2.05, 4.69) is 5.32 Å². The highest BCUT2D eigenvalue weighted by Crippen LogP contribution is 2.36. The number of rotatable bonds is 6. The maximum Gasteiger partial charge on any atom is 0.225 e. The van der Waals surface area contributed by atoms with Gasteiger partial charge in [-0.1, -0.05) is 67.8 Å². The van der Waals surface area contributed by atoms with Crippen molar-refractivity contribution in [3.63, 3.8) is 0 Å². The fraction of sp³-hybridized carbons (Fsp3) is 0.393. The number of carbonyl (C=O) groups excluding carboxylic acids is 1. The van der Waals surface area contributed by atoms with Crippen LogP contribution in [0.4, 0.5) is 5.82 Å². The van der Waals surface area contributed by atoms with Gasteiger partial charge in [-0.2, -0.15) is 0 Å². The molecule has 6 nitrogen and oxygen atoms in total. The zero-order chi connectivity index (χ0) is 23.5. The highest BCUT2D eigenvalue weighted by Gasteiger charge is 2.27. The number of aryl methyl sites for hydroxylation is 2. The van der Waals surface area contributed by atoms with Gasteiger partial charge in [0, 0.05) is 12.0 Å². The molecular weight excluding hydrogens is 426 g/mol. The molecule has 1 unspecified atom stereocenters. The number of nitrogens with one attached hydrogen (secondary N) is 1. The number of fused-ring (bicyclic) bond motifs is 3. The Morgan fingerprint density at radius 3 is 2.59 bits per heavy atom. The maximum absolute atomic E-state index is 12.9. The Morgan fingerprint density at radius 1 is 1.03 bits per heavy atom. The smallest absolute Gasteiger partial charge is 0.225 e. The first-order valence-corrected chi connectivity index (χ1v) is 12.3. The van der Waals surface area contributed by atoms with Crippen LogP contribution in [0.1, 0.15) is 72.7 Å². The normalized spacial score (nSPS) is 16.4. The van der Waals surface area contributed by atoms with Gasteiger partial charge in [0.25, 0.3) is 0 Å². The Bertz CT molecular complexity index is 1170. The zero-order valence-electron chi connectivity index (χ0n) is 19.3. The number of aliphatic hydroxyl groups excluding tert-OH is 2. The van der Waals surface area contributed by atoms with Crippen molar-refractivity contribution in [3.8, 4) is 11.3 Å². The topological polar surface area (TPSA) is 95.3 Å². The summed E-state index contributed by atoms with van der Waals surface area (Å²) >= 11 is 0. The molecule has 1 atom stereocenters. The van der Waals surface area contributed by atoms with E-state index in [-0.39, 0.29) is 12.5 Å². The van der Waals surface area contributed by atoms with E-state index in [0.717, 1.165) is 47.3 Å². The van der Waals surface area contributed by atoms with Gasteiger partial charge in [0.1, 0.15) is 11.8 Å². The van der Waals surface area contributed by atoms with Crippen molar-refractivity contribution in [1.82, 2.24) is 9.97 Å². The fourth-order valence-electron chi connectivity index (χ4n) is 5.22. The molecule has 1 amide bonds. The molecule has 5 rings (SSSR count). The van der Waals surface area contributed by atoms with Crippen molar-refractivity contribution in [2.24, 2.45) is 5.92 Å². The summed E-state index contributed by atoms with van der Waals surface area (Å²) in [5.41, 5.74) is 5.57. The zero-order valence-corrected chi connectivity index (χ0v) is 19.3. The molecule has 0 bridgehead atoms. The number of aliphatic hydroxyl groups is 2. The molecule has 0 aliphatic heterocycles. The summed E-state index contributed by atoms with van der Waals surface area (Å²) in [4.78, 5) is 22.7. The Hall–Kier alpha value is -3.09. The van der Waals surface area contributed by atoms with Crippen LogP contribution < -0.4 is 5.32 Å². The number of amides is 1. The molecule has 2 aromatic carbocycles. The van der Waals surface area contributed by atoms with E-state index >= 15 is 0 Å². The van der Waals surface area contributed by atoms with Crippen LogP contribution in [0, 0.1) is 5.92 Å². The average Bonchev–Trinajstić information content (AvgIpc) is 2.88. The van der Waals surface area contributed by atoms with Crippen LogP contribution >= 0.6 is 0 Å². The second-order valence-electron chi connectivity index (χ2n) is 9.47. The molecule has 3 N–H and O–H groups in total. The minimum atomic E-state index is -1.01. The van der Waals surface area contributed by atoms with Crippen molar-refractivity contribution in [2.45, 2.75) is 64.1 Å². The molecular formula is C28H31N3O3. The molecule has 1 saturated carbocycles. The van der Waals surface area contributed by atoms with Crippen LogP contribution in [0.2, 0.25) is 0 Å².